The number of esters is 1. The minimum atomic E-state index is -0.660. The van der Waals surface area contributed by atoms with Gasteiger partial charge in [0.05, 0.1) is 29.6 Å². The number of nitro groups is 1. The van der Waals surface area contributed by atoms with E-state index in [1.807, 2.05) is 12.2 Å². The molecule has 2 fully saturated rings. The number of methoxy groups -OCH3 is 1. The Kier molecular flexibility index (Phi) is 6.12. The Bertz CT molecular complexity index is 1080. The van der Waals surface area contributed by atoms with Gasteiger partial charge in [0.2, 0.25) is 0 Å². The molecular weight excluding hydrogens is 504 g/mol. The summed E-state index contributed by atoms with van der Waals surface area (Å²) in [5, 5.41) is 11.8. The number of hydrogen-bond donors (Lipinski definition) is 0. The summed E-state index contributed by atoms with van der Waals surface area (Å²) in [6.45, 7) is 10.0. The fraction of sp³-hybridized carbons (Fsp3) is 0.520. The number of nitrogens with zero attached hydrogens (tertiary/aromatic N) is 2. The van der Waals surface area contributed by atoms with Crippen LogP contribution in [0, 0.1) is 38.7 Å². The number of halogens is 1. The van der Waals surface area contributed by atoms with Gasteiger partial charge < -0.3 is 14.4 Å². The van der Waals surface area contributed by atoms with Gasteiger partial charge in [0.25, 0.3) is 5.69 Å². The minimum Gasteiger partial charge on any atom is -0.465 e. The molecule has 182 valence electrons. The first-order chi connectivity index (χ1) is 16.0. The average Bonchev–Trinajstić information content (AvgIpc) is 3.24. The van der Waals surface area contributed by atoms with E-state index in [-0.39, 0.29) is 51.8 Å². The fourth-order valence-electron chi connectivity index (χ4n) is 6.14. The summed E-state index contributed by atoms with van der Waals surface area (Å²) in [6, 6.07) is 6.29. The molecule has 4 rings (SSSR count). The van der Waals surface area contributed by atoms with Crippen LogP contribution in [-0.2, 0) is 14.3 Å². The molecule has 1 aliphatic heterocycles. The van der Waals surface area contributed by atoms with Gasteiger partial charge in [0.15, 0.2) is 0 Å². The van der Waals surface area contributed by atoms with Gasteiger partial charge in [0, 0.05) is 40.7 Å². The zero-order valence-electron chi connectivity index (χ0n) is 19.7. The zero-order chi connectivity index (χ0) is 25.0. The van der Waals surface area contributed by atoms with Gasteiger partial charge in [-0.1, -0.05) is 40.2 Å². The maximum atomic E-state index is 12.8. The first kappa shape index (κ1) is 24.4. The fourth-order valence-corrected chi connectivity index (χ4v) is 7.31. The van der Waals surface area contributed by atoms with E-state index in [1.165, 1.54) is 13.2 Å². The summed E-state index contributed by atoms with van der Waals surface area (Å²) >= 11 is 3.81. The van der Waals surface area contributed by atoms with Gasteiger partial charge in [0.1, 0.15) is 0 Å². The molecule has 2 aliphatic carbocycles. The highest BCUT2D eigenvalue weighted by molar-refractivity contribution is 9.09. The van der Waals surface area contributed by atoms with Crippen molar-refractivity contribution in [1.82, 2.24) is 4.90 Å². The molecule has 1 saturated heterocycles. The van der Waals surface area contributed by atoms with Crippen LogP contribution in [0.15, 0.2) is 43.0 Å². The van der Waals surface area contributed by atoms with Crippen LogP contribution in [0.5, 0.6) is 0 Å². The molecular formula is C25H29BrN2O6. The summed E-state index contributed by atoms with van der Waals surface area (Å²) < 4.78 is 10.8. The Morgan fingerprint density at radius 3 is 2.62 bits per heavy atom. The van der Waals surface area contributed by atoms with E-state index in [4.69, 9.17) is 9.47 Å². The molecule has 1 aromatic carbocycles. The predicted octanol–water partition coefficient (Wildman–Crippen LogP) is 4.83. The quantitative estimate of drug-likeness (QED) is 0.177. The minimum absolute atomic E-state index is 0.0118. The second-order valence-corrected chi connectivity index (χ2v) is 11.3. The molecule has 1 aromatic rings. The number of piperidine rings is 1. The van der Waals surface area contributed by atoms with Crippen molar-refractivity contribution < 1.29 is 24.0 Å². The molecule has 34 heavy (non-hydrogen) atoms. The summed E-state index contributed by atoms with van der Waals surface area (Å²) in [5.74, 6) is -0.786. The maximum absolute atomic E-state index is 12.8. The number of rotatable bonds is 5. The second-order valence-electron chi connectivity index (χ2n) is 10.3. The predicted molar refractivity (Wildman–Crippen MR) is 130 cm³/mol. The van der Waals surface area contributed by atoms with Crippen molar-refractivity contribution in [2.45, 2.75) is 31.6 Å². The summed E-state index contributed by atoms with van der Waals surface area (Å²) in [4.78, 5) is 38.4. The zero-order valence-corrected chi connectivity index (χ0v) is 21.3. The number of ether oxygens (including phenoxy) is 2. The standard InChI is InChI=1S/C25H29BrN2O6/c1-6-25-13-27(23(30)33-5)21-16(12-34-22(29)24(2,3)4)19(25)17(26)11-15(20(21)25)14-9-7-8-10-18(14)28(31)32/h6-11,16-17,19-21H,1,12-13H2,2-5H3/t16-,17+,19-,20-,21+,25?/m0/s1. The Morgan fingerprint density at radius 2 is 2.03 bits per heavy atom. The third-order valence-corrected chi connectivity index (χ3v) is 8.32. The molecule has 1 amide bonds. The highest BCUT2D eigenvalue weighted by atomic mass is 79.9. The molecule has 9 heteroatoms. The normalized spacial score (nSPS) is 31.6. The molecule has 0 spiro atoms. The smallest absolute Gasteiger partial charge is 0.409 e. The van der Waals surface area contributed by atoms with E-state index >= 15 is 0 Å². The van der Waals surface area contributed by atoms with Gasteiger partial charge in [-0.05, 0) is 38.3 Å². The number of amides is 1. The number of carbonyl (C=O) groups excluding carboxylic acids is 2. The van der Waals surface area contributed by atoms with E-state index < -0.39 is 16.9 Å². The van der Waals surface area contributed by atoms with Crippen LogP contribution in [0.4, 0.5) is 10.5 Å². The molecule has 6 atom stereocenters. The Hall–Kier alpha value is -2.68. The Labute approximate surface area is 207 Å². The van der Waals surface area contributed by atoms with Crippen LogP contribution in [0.2, 0.25) is 0 Å². The number of nitro benzene ring substituents is 1. The molecule has 1 saturated carbocycles. The van der Waals surface area contributed by atoms with Crippen molar-refractivity contribution in [1.29, 1.82) is 0 Å². The van der Waals surface area contributed by atoms with Crippen molar-refractivity contribution in [3.05, 3.63) is 58.7 Å². The van der Waals surface area contributed by atoms with Crippen molar-refractivity contribution in [2.24, 2.45) is 28.6 Å². The molecule has 8 nitrogen and oxygen atoms in total. The molecule has 0 radical (unpaired) electrons. The number of carbonyl (C=O) groups is 2. The van der Waals surface area contributed by atoms with E-state index in [0.29, 0.717) is 12.1 Å². The lowest BCUT2D eigenvalue weighted by Gasteiger charge is -2.45. The van der Waals surface area contributed by atoms with Crippen molar-refractivity contribution in [2.75, 3.05) is 20.3 Å². The van der Waals surface area contributed by atoms with Crippen LogP contribution in [-0.4, -0.2) is 53.0 Å². The van der Waals surface area contributed by atoms with Crippen molar-refractivity contribution >= 4 is 39.3 Å². The highest BCUT2D eigenvalue weighted by Crippen LogP contribution is 2.68. The molecule has 0 N–H and O–H groups in total. The van der Waals surface area contributed by atoms with E-state index in [9.17, 15) is 19.7 Å². The van der Waals surface area contributed by atoms with Gasteiger partial charge >= 0.3 is 12.1 Å². The Morgan fingerprint density at radius 1 is 1.35 bits per heavy atom. The largest absolute Gasteiger partial charge is 0.465 e. The number of alkyl halides is 1. The van der Waals surface area contributed by atoms with Crippen LogP contribution in [0.25, 0.3) is 5.57 Å². The lowest BCUT2D eigenvalue weighted by Crippen LogP contribution is -2.52. The molecule has 1 heterocycles. The van der Waals surface area contributed by atoms with Gasteiger partial charge in [-0.2, -0.15) is 0 Å². The third kappa shape index (κ3) is 3.56. The summed E-state index contributed by atoms with van der Waals surface area (Å²) in [7, 11) is 1.34. The summed E-state index contributed by atoms with van der Waals surface area (Å²) in [6.07, 6.45) is 3.41. The lowest BCUT2D eigenvalue weighted by molar-refractivity contribution is -0.385. The van der Waals surface area contributed by atoms with Crippen molar-refractivity contribution in [3.8, 4) is 0 Å². The number of allylic oxidation sites excluding steroid dienone is 1. The monoisotopic (exact) mass is 532 g/mol. The van der Waals surface area contributed by atoms with Gasteiger partial charge in [-0.25, -0.2) is 4.79 Å². The van der Waals surface area contributed by atoms with Crippen molar-refractivity contribution in [3.63, 3.8) is 0 Å². The van der Waals surface area contributed by atoms with Crippen LogP contribution >= 0.6 is 15.9 Å². The molecule has 3 aliphatic rings. The number of para-hydroxylation sites is 1. The van der Waals surface area contributed by atoms with E-state index in [1.54, 1.807) is 43.9 Å². The third-order valence-electron chi connectivity index (χ3n) is 7.48. The molecule has 4 bridgehead atoms. The summed E-state index contributed by atoms with van der Waals surface area (Å²) in [5.41, 5.74) is 0.117. The van der Waals surface area contributed by atoms with Crippen LogP contribution in [0.1, 0.15) is 26.3 Å². The lowest BCUT2D eigenvalue weighted by atomic mass is 9.64. The second kappa shape index (κ2) is 8.52. The van der Waals surface area contributed by atoms with Crippen LogP contribution in [0.3, 0.4) is 0 Å². The maximum Gasteiger partial charge on any atom is 0.409 e. The van der Waals surface area contributed by atoms with E-state index in [2.05, 4.69) is 22.5 Å². The van der Waals surface area contributed by atoms with E-state index in [0.717, 1.165) is 5.57 Å². The number of hydrogen-bond acceptors (Lipinski definition) is 6. The first-order valence-corrected chi connectivity index (χ1v) is 12.1. The van der Waals surface area contributed by atoms with Crippen LogP contribution < -0.4 is 0 Å². The Balaban J connectivity index is 1.83. The van der Waals surface area contributed by atoms with Gasteiger partial charge in [-0.3, -0.25) is 14.9 Å². The number of likely N-dealkylation sites (tertiary alicyclic amines) is 1. The van der Waals surface area contributed by atoms with Gasteiger partial charge in [-0.15, -0.1) is 6.58 Å². The molecule has 0 aromatic heterocycles. The molecule has 1 unspecified atom stereocenters. The average molecular weight is 533 g/mol. The first-order valence-electron chi connectivity index (χ1n) is 11.2. The topological polar surface area (TPSA) is 99.0 Å². The highest BCUT2D eigenvalue weighted by Gasteiger charge is 2.71. The SMILES string of the molecule is C=CC12CN(C(=O)OC)[C@@H]3[C@@H](COC(=O)C(C)(C)C)[C@H]1[C@H](Br)C=C(c1ccccc1[N+](=O)[O-])[C@@H]32. The number of benzene rings is 1.